The van der Waals surface area contributed by atoms with E-state index in [9.17, 15) is 4.79 Å². The molecule has 1 N–H and O–H groups in total. The summed E-state index contributed by atoms with van der Waals surface area (Å²) in [6, 6.07) is 10.1. The van der Waals surface area contributed by atoms with Crippen molar-refractivity contribution in [3.05, 3.63) is 30.3 Å². The summed E-state index contributed by atoms with van der Waals surface area (Å²) < 4.78 is 0. The molecule has 0 heterocycles. The lowest BCUT2D eigenvalue weighted by Gasteiger charge is -2.30. The number of nitrogens with one attached hydrogen (secondary N) is 1. The van der Waals surface area contributed by atoms with Gasteiger partial charge in [-0.05, 0) is 36.8 Å². The van der Waals surface area contributed by atoms with Gasteiger partial charge in [-0.3, -0.25) is 4.79 Å². The van der Waals surface area contributed by atoms with Gasteiger partial charge in [0.05, 0.1) is 5.75 Å². The van der Waals surface area contributed by atoms with Crippen LogP contribution in [0.5, 0.6) is 0 Å². The van der Waals surface area contributed by atoms with Crippen LogP contribution in [-0.4, -0.2) is 23.5 Å². The van der Waals surface area contributed by atoms with E-state index in [-0.39, 0.29) is 5.91 Å². The summed E-state index contributed by atoms with van der Waals surface area (Å²) in [4.78, 5) is 13.1. The standard InChI is InChI=1S/C16H22BrNOS/c17-10-13-6-4-5-7-14(13)11-18-16(19)12-20-15-8-2-1-3-9-15/h1-3,8-9,13-14H,4-7,10-12H2,(H,18,19). The van der Waals surface area contributed by atoms with Crippen LogP contribution in [0.1, 0.15) is 25.7 Å². The molecule has 1 aliphatic carbocycles. The number of amides is 1. The molecule has 0 aromatic heterocycles. The minimum atomic E-state index is 0.151. The molecule has 1 aromatic rings. The molecular formula is C16H22BrNOS. The minimum Gasteiger partial charge on any atom is -0.355 e. The Morgan fingerprint density at radius 3 is 2.60 bits per heavy atom. The Hall–Kier alpha value is -0.480. The molecule has 110 valence electrons. The molecule has 1 aromatic carbocycles. The van der Waals surface area contributed by atoms with Gasteiger partial charge in [0.15, 0.2) is 0 Å². The first-order valence-electron chi connectivity index (χ1n) is 7.30. The van der Waals surface area contributed by atoms with Crippen LogP contribution in [-0.2, 0) is 4.79 Å². The van der Waals surface area contributed by atoms with Crippen LogP contribution in [0, 0.1) is 11.8 Å². The van der Waals surface area contributed by atoms with Crippen LogP contribution in [0.4, 0.5) is 0 Å². The van der Waals surface area contributed by atoms with Gasteiger partial charge in [0, 0.05) is 16.8 Å². The fourth-order valence-electron chi connectivity index (χ4n) is 2.72. The number of thioether (sulfide) groups is 1. The smallest absolute Gasteiger partial charge is 0.230 e. The topological polar surface area (TPSA) is 29.1 Å². The molecule has 2 rings (SSSR count). The van der Waals surface area contributed by atoms with Gasteiger partial charge in [0.1, 0.15) is 0 Å². The van der Waals surface area contributed by atoms with Crippen molar-refractivity contribution in [2.75, 3.05) is 17.6 Å². The predicted molar refractivity (Wildman–Crippen MR) is 89.4 cm³/mol. The highest BCUT2D eigenvalue weighted by Crippen LogP contribution is 2.30. The van der Waals surface area contributed by atoms with Crippen LogP contribution in [0.25, 0.3) is 0 Å². The molecule has 0 radical (unpaired) electrons. The van der Waals surface area contributed by atoms with Crippen LogP contribution < -0.4 is 5.32 Å². The Balaban J connectivity index is 1.69. The first-order chi connectivity index (χ1) is 9.79. The van der Waals surface area contributed by atoms with Gasteiger partial charge >= 0.3 is 0 Å². The van der Waals surface area contributed by atoms with Gasteiger partial charge in [-0.1, -0.05) is 47.0 Å². The third kappa shape index (κ3) is 5.13. The first-order valence-corrected chi connectivity index (χ1v) is 9.41. The van der Waals surface area contributed by atoms with Crippen LogP contribution >= 0.6 is 27.7 Å². The SMILES string of the molecule is O=C(CSc1ccccc1)NCC1CCCCC1CBr. The number of carbonyl (C=O) groups is 1. The molecule has 2 atom stereocenters. The van der Waals surface area contributed by atoms with E-state index in [0.29, 0.717) is 11.7 Å². The number of carbonyl (C=O) groups excluding carboxylic acids is 1. The second kappa shape index (κ2) is 8.73. The normalized spacial score (nSPS) is 22.4. The van der Waals surface area contributed by atoms with E-state index >= 15 is 0 Å². The lowest BCUT2D eigenvalue weighted by Crippen LogP contribution is -2.35. The number of alkyl halides is 1. The van der Waals surface area contributed by atoms with E-state index < -0.39 is 0 Å². The van der Waals surface area contributed by atoms with Crippen molar-refractivity contribution in [2.45, 2.75) is 30.6 Å². The zero-order valence-corrected chi connectivity index (χ0v) is 14.1. The van der Waals surface area contributed by atoms with Crippen molar-refractivity contribution < 1.29 is 4.79 Å². The Morgan fingerprint density at radius 2 is 1.90 bits per heavy atom. The maximum Gasteiger partial charge on any atom is 0.230 e. The third-order valence-electron chi connectivity index (χ3n) is 3.94. The summed E-state index contributed by atoms with van der Waals surface area (Å²) in [6.45, 7) is 0.838. The quantitative estimate of drug-likeness (QED) is 0.614. The number of hydrogen-bond acceptors (Lipinski definition) is 2. The number of hydrogen-bond donors (Lipinski definition) is 1. The van der Waals surface area contributed by atoms with E-state index in [2.05, 4.69) is 21.2 Å². The van der Waals surface area contributed by atoms with Gasteiger partial charge in [-0.15, -0.1) is 11.8 Å². The number of halogens is 1. The van der Waals surface area contributed by atoms with Crippen molar-refractivity contribution in [3.8, 4) is 0 Å². The highest BCUT2D eigenvalue weighted by Gasteiger charge is 2.24. The second-order valence-corrected chi connectivity index (χ2v) is 7.06. The zero-order chi connectivity index (χ0) is 14.2. The summed E-state index contributed by atoms with van der Waals surface area (Å²) >= 11 is 5.20. The lowest BCUT2D eigenvalue weighted by atomic mass is 9.80. The monoisotopic (exact) mass is 355 g/mol. The van der Waals surface area contributed by atoms with E-state index in [0.717, 1.165) is 22.7 Å². The molecule has 0 aliphatic heterocycles. The van der Waals surface area contributed by atoms with Crippen molar-refractivity contribution in [1.29, 1.82) is 0 Å². The van der Waals surface area contributed by atoms with Crippen LogP contribution in [0.15, 0.2) is 35.2 Å². The van der Waals surface area contributed by atoms with E-state index in [1.165, 1.54) is 25.7 Å². The Kier molecular flexibility index (Phi) is 6.94. The van der Waals surface area contributed by atoms with Crippen molar-refractivity contribution in [2.24, 2.45) is 11.8 Å². The average molecular weight is 356 g/mol. The number of rotatable bonds is 6. The van der Waals surface area contributed by atoms with Gasteiger partial charge in [0.25, 0.3) is 0 Å². The molecule has 20 heavy (non-hydrogen) atoms. The van der Waals surface area contributed by atoms with E-state index in [1.807, 2.05) is 30.3 Å². The molecule has 1 amide bonds. The fourth-order valence-corrected chi connectivity index (χ4v) is 4.32. The average Bonchev–Trinajstić information content (AvgIpc) is 2.52. The Labute approximate surface area is 134 Å². The maximum atomic E-state index is 11.9. The largest absolute Gasteiger partial charge is 0.355 e. The van der Waals surface area contributed by atoms with Gasteiger partial charge < -0.3 is 5.32 Å². The van der Waals surface area contributed by atoms with E-state index in [4.69, 9.17) is 0 Å². The van der Waals surface area contributed by atoms with Crippen molar-refractivity contribution in [1.82, 2.24) is 5.32 Å². The first kappa shape index (κ1) is 15.9. The Morgan fingerprint density at radius 1 is 1.20 bits per heavy atom. The molecular weight excluding hydrogens is 334 g/mol. The highest BCUT2D eigenvalue weighted by molar-refractivity contribution is 9.09. The summed E-state index contributed by atoms with van der Waals surface area (Å²) in [5.74, 6) is 2.03. The summed E-state index contributed by atoms with van der Waals surface area (Å²) in [5.41, 5.74) is 0. The highest BCUT2D eigenvalue weighted by atomic mass is 79.9. The number of benzene rings is 1. The molecule has 0 spiro atoms. The summed E-state index contributed by atoms with van der Waals surface area (Å²) in [7, 11) is 0. The third-order valence-corrected chi connectivity index (χ3v) is 5.78. The van der Waals surface area contributed by atoms with Gasteiger partial charge in [-0.2, -0.15) is 0 Å². The molecule has 1 saturated carbocycles. The second-order valence-electron chi connectivity index (χ2n) is 5.36. The fraction of sp³-hybridized carbons (Fsp3) is 0.562. The molecule has 1 fully saturated rings. The summed E-state index contributed by atoms with van der Waals surface area (Å²) in [5, 5.41) is 4.17. The zero-order valence-electron chi connectivity index (χ0n) is 11.7. The molecule has 2 nitrogen and oxygen atoms in total. The van der Waals surface area contributed by atoms with Gasteiger partial charge in [0.2, 0.25) is 5.91 Å². The molecule has 2 unspecified atom stereocenters. The van der Waals surface area contributed by atoms with Crippen LogP contribution in [0.2, 0.25) is 0 Å². The molecule has 0 bridgehead atoms. The van der Waals surface area contributed by atoms with Crippen molar-refractivity contribution in [3.63, 3.8) is 0 Å². The molecule has 0 saturated heterocycles. The molecule has 4 heteroatoms. The van der Waals surface area contributed by atoms with E-state index in [1.54, 1.807) is 11.8 Å². The molecule has 1 aliphatic rings. The maximum absolute atomic E-state index is 11.9. The Bertz CT molecular complexity index is 412. The van der Waals surface area contributed by atoms with Gasteiger partial charge in [-0.25, -0.2) is 0 Å². The van der Waals surface area contributed by atoms with Crippen LogP contribution in [0.3, 0.4) is 0 Å². The lowest BCUT2D eigenvalue weighted by molar-refractivity contribution is -0.118. The predicted octanol–water partition coefficient (Wildman–Crippen LogP) is 4.10. The van der Waals surface area contributed by atoms with Crippen molar-refractivity contribution >= 4 is 33.6 Å². The minimum absolute atomic E-state index is 0.151. The summed E-state index contributed by atoms with van der Waals surface area (Å²) in [6.07, 6.45) is 5.19.